The van der Waals surface area contributed by atoms with Crippen molar-refractivity contribution < 1.29 is 14.5 Å². The Labute approximate surface area is 157 Å². The Morgan fingerprint density at radius 1 is 1.11 bits per heavy atom. The fourth-order valence-electron chi connectivity index (χ4n) is 2.59. The number of hydrogen-bond acceptors (Lipinski definition) is 5. The van der Waals surface area contributed by atoms with Crippen molar-refractivity contribution in [1.82, 2.24) is 5.32 Å². The van der Waals surface area contributed by atoms with Gasteiger partial charge in [0.05, 0.1) is 16.2 Å². The van der Waals surface area contributed by atoms with Crippen molar-refractivity contribution in [3.05, 3.63) is 63.7 Å². The molecule has 0 radical (unpaired) electrons. The molecule has 0 spiro atoms. The van der Waals surface area contributed by atoms with Crippen LogP contribution >= 0.6 is 0 Å². The molecule has 2 aromatic carbocycles. The van der Waals surface area contributed by atoms with E-state index in [4.69, 9.17) is 0 Å². The van der Waals surface area contributed by atoms with Crippen molar-refractivity contribution in [2.24, 2.45) is 0 Å². The van der Waals surface area contributed by atoms with Crippen LogP contribution in [-0.2, 0) is 4.79 Å². The van der Waals surface area contributed by atoms with Crippen molar-refractivity contribution in [2.45, 2.75) is 19.8 Å². The van der Waals surface area contributed by atoms with E-state index in [2.05, 4.69) is 16.0 Å². The van der Waals surface area contributed by atoms with Gasteiger partial charge in [-0.2, -0.15) is 0 Å². The second kappa shape index (κ2) is 9.33. The molecule has 0 aromatic heterocycles. The zero-order valence-electron chi connectivity index (χ0n) is 15.2. The smallest absolute Gasteiger partial charge is 0.269 e. The van der Waals surface area contributed by atoms with E-state index in [9.17, 15) is 19.7 Å². The van der Waals surface area contributed by atoms with Crippen LogP contribution in [0.15, 0.2) is 42.5 Å². The number of nitrogens with one attached hydrogen (secondary N) is 3. The molecule has 8 nitrogen and oxygen atoms in total. The number of carbonyl (C=O) groups is 2. The summed E-state index contributed by atoms with van der Waals surface area (Å²) < 4.78 is 0. The van der Waals surface area contributed by atoms with Crippen LogP contribution in [0.1, 0.15) is 28.8 Å². The summed E-state index contributed by atoms with van der Waals surface area (Å²) in [6.45, 7) is 2.36. The molecule has 0 fully saturated rings. The van der Waals surface area contributed by atoms with Crippen molar-refractivity contribution >= 4 is 28.9 Å². The van der Waals surface area contributed by atoms with Crippen LogP contribution in [0.2, 0.25) is 0 Å². The Bertz CT molecular complexity index is 834. The molecule has 0 aliphatic heterocycles. The molecule has 27 heavy (non-hydrogen) atoms. The monoisotopic (exact) mass is 370 g/mol. The average Bonchev–Trinajstić information content (AvgIpc) is 2.65. The van der Waals surface area contributed by atoms with Gasteiger partial charge in [0, 0.05) is 37.8 Å². The van der Waals surface area contributed by atoms with Gasteiger partial charge < -0.3 is 16.0 Å². The maximum atomic E-state index is 12.2. The number of amides is 2. The van der Waals surface area contributed by atoms with Crippen molar-refractivity contribution in [2.75, 3.05) is 24.2 Å². The van der Waals surface area contributed by atoms with Crippen LogP contribution in [-0.4, -0.2) is 30.3 Å². The second-order valence-electron chi connectivity index (χ2n) is 5.96. The highest BCUT2D eigenvalue weighted by atomic mass is 16.6. The standard InChI is InChI=1S/C19H22N4O4/c1-13-5-3-6-16(18(13)19(25)20-2)22-17(24)7-4-12-21-14-8-10-15(11-9-14)23(26)27/h3,5-6,8-11,21H,4,7,12H2,1-2H3,(H,20,25)(H,22,24). The molecule has 142 valence electrons. The van der Waals surface area contributed by atoms with E-state index in [0.29, 0.717) is 24.2 Å². The number of aryl methyl sites for hydroxylation is 1. The predicted molar refractivity (Wildman–Crippen MR) is 104 cm³/mol. The Morgan fingerprint density at radius 3 is 2.44 bits per heavy atom. The van der Waals surface area contributed by atoms with Gasteiger partial charge in [-0.05, 0) is 37.1 Å². The lowest BCUT2D eigenvalue weighted by Gasteiger charge is -2.13. The quantitative estimate of drug-likeness (QED) is 0.375. The first-order valence-corrected chi connectivity index (χ1v) is 8.52. The third-order valence-electron chi connectivity index (χ3n) is 3.99. The zero-order valence-corrected chi connectivity index (χ0v) is 15.2. The van der Waals surface area contributed by atoms with Crippen molar-refractivity contribution in [3.8, 4) is 0 Å². The third kappa shape index (κ3) is 5.53. The first-order valence-electron chi connectivity index (χ1n) is 8.52. The number of nitro groups is 1. The number of rotatable bonds is 8. The van der Waals surface area contributed by atoms with Gasteiger partial charge in [0.15, 0.2) is 0 Å². The van der Waals surface area contributed by atoms with Crippen molar-refractivity contribution in [3.63, 3.8) is 0 Å². The minimum atomic E-state index is -0.452. The molecule has 2 rings (SSSR count). The molecule has 0 atom stereocenters. The molecule has 0 bridgehead atoms. The third-order valence-corrected chi connectivity index (χ3v) is 3.99. The van der Waals surface area contributed by atoms with Crippen LogP contribution in [0, 0.1) is 17.0 Å². The molecule has 2 aromatic rings. The van der Waals surface area contributed by atoms with E-state index >= 15 is 0 Å². The number of carbonyl (C=O) groups excluding carboxylic acids is 2. The Hall–Kier alpha value is -3.42. The van der Waals surface area contributed by atoms with Gasteiger partial charge in [-0.25, -0.2) is 0 Å². The van der Waals surface area contributed by atoms with Gasteiger partial charge in [-0.3, -0.25) is 19.7 Å². The Balaban J connectivity index is 1.84. The number of benzene rings is 2. The summed E-state index contributed by atoms with van der Waals surface area (Å²) in [5.74, 6) is -0.431. The van der Waals surface area contributed by atoms with E-state index in [1.54, 1.807) is 31.3 Å². The Kier molecular flexibility index (Phi) is 6.87. The summed E-state index contributed by atoms with van der Waals surface area (Å²) in [5.41, 5.74) is 2.51. The normalized spacial score (nSPS) is 10.1. The minimum Gasteiger partial charge on any atom is -0.385 e. The van der Waals surface area contributed by atoms with E-state index in [0.717, 1.165) is 11.3 Å². The Morgan fingerprint density at radius 2 is 1.81 bits per heavy atom. The summed E-state index contributed by atoms with van der Waals surface area (Å²) in [5, 5.41) is 19.1. The minimum absolute atomic E-state index is 0.0324. The summed E-state index contributed by atoms with van der Waals surface area (Å²) in [4.78, 5) is 34.3. The molecule has 0 heterocycles. The number of nitro benzene ring substituents is 1. The highest BCUT2D eigenvalue weighted by molar-refractivity contribution is 6.04. The van der Waals surface area contributed by atoms with Gasteiger partial charge >= 0.3 is 0 Å². The van der Waals surface area contributed by atoms with E-state index in [-0.39, 0.29) is 23.9 Å². The molecule has 0 saturated heterocycles. The topological polar surface area (TPSA) is 113 Å². The molecule has 0 aliphatic carbocycles. The molecule has 0 saturated carbocycles. The van der Waals surface area contributed by atoms with Gasteiger partial charge in [0.2, 0.25) is 5.91 Å². The first-order chi connectivity index (χ1) is 12.9. The fraction of sp³-hybridized carbons (Fsp3) is 0.263. The van der Waals surface area contributed by atoms with Crippen LogP contribution in [0.3, 0.4) is 0 Å². The summed E-state index contributed by atoms with van der Waals surface area (Å²) in [7, 11) is 1.55. The van der Waals surface area contributed by atoms with Gasteiger partial charge in [0.25, 0.3) is 11.6 Å². The van der Waals surface area contributed by atoms with E-state index in [1.165, 1.54) is 12.1 Å². The molecule has 0 unspecified atom stereocenters. The lowest BCUT2D eigenvalue weighted by atomic mass is 10.1. The highest BCUT2D eigenvalue weighted by Crippen LogP contribution is 2.20. The molecule has 0 aliphatic rings. The molecular weight excluding hydrogens is 348 g/mol. The van der Waals surface area contributed by atoms with E-state index < -0.39 is 4.92 Å². The average molecular weight is 370 g/mol. The maximum absolute atomic E-state index is 12.2. The van der Waals surface area contributed by atoms with Crippen LogP contribution in [0.4, 0.5) is 17.1 Å². The number of hydrogen-bond donors (Lipinski definition) is 3. The van der Waals surface area contributed by atoms with Crippen LogP contribution in [0.5, 0.6) is 0 Å². The van der Waals surface area contributed by atoms with Gasteiger partial charge in [0.1, 0.15) is 0 Å². The largest absolute Gasteiger partial charge is 0.385 e. The zero-order chi connectivity index (χ0) is 19.8. The highest BCUT2D eigenvalue weighted by Gasteiger charge is 2.14. The van der Waals surface area contributed by atoms with Crippen molar-refractivity contribution in [1.29, 1.82) is 0 Å². The summed E-state index contributed by atoms with van der Waals surface area (Å²) >= 11 is 0. The van der Waals surface area contributed by atoms with Crippen LogP contribution in [0.25, 0.3) is 0 Å². The molecule has 2 amide bonds. The molecule has 8 heteroatoms. The molecular formula is C19H22N4O4. The summed E-state index contributed by atoms with van der Waals surface area (Å²) in [6.07, 6.45) is 0.852. The maximum Gasteiger partial charge on any atom is 0.269 e. The lowest BCUT2D eigenvalue weighted by molar-refractivity contribution is -0.384. The number of anilines is 2. The second-order valence-corrected chi connectivity index (χ2v) is 5.96. The van der Waals surface area contributed by atoms with Gasteiger partial charge in [-0.1, -0.05) is 12.1 Å². The van der Waals surface area contributed by atoms with E-state index in [1.807, 2.05) is 13.0 Å². The lowest BCUT2D eigenvalue weighted by Crippen LogP contribution is -2.22. The SMILES string of the molecule is CNC(=O)c1c(C)cccc1NC(=O)CCCNc1ccc([N+](=O)[O-])cc1. The first kappa shape index (κ1) is 19.9. The number of nitrogens with zero attached hydrogens (tertiary/aromatic N) is 1. The molecule has 3 N–H and O–H groups in total. The predicted octanol–water partition coefficient (Wildman–Crippen LogP) is 3.09. The fourth-order valence-corrected chi connectivity index (χ4v) is 2.59. The number of non-ortho nitro benzene ring substituents is 1. The summed E-state index contributed by atoms with van der Waals surface area (Å²) in [6, 6.07) is 11.4. The van der Waals surface area contributed by atoms with Crippen LogP contribution < -0.4 is 16.0 Å². The van der Waals surface area contributed by atoms with Gasteiger partial charge in [-0.15, -0.1) is 0 Å².